The summed E-state index contributed by atoms with van der Waals surface area (Å²) in [5, 5.41) is 0.635. The Morgan fingerprint density at radius 1 is 1.12 bits per heavy atom. The van der Waals surface area contributed by atoms with Crippen molar-refractivity contribution < 1.29 is 22.7 Å². The smallest absolute Gasteiger partial charge is 0.339 e. The molecule has 0 saturated carbocycles. The van der Waals surface area contributed by atoms with E-state index in [1.54, 1.807) is 19.2 Å². The molecule has 1 atom stereocenters. The van der Waals surface area contributed by atoms with E-state index in [0.29, 0.717) is 28.6 Å². The number of carbonyl (C=O) groups is 2. The fourth-order valence-electron chi connectivity index (χ4n) is 3.81. The fourth-order valence-corrected chi connectivity index (χ4v) is 5.58. The molecule has 1 aliphatic heterocycles. The molecular weight excluding hydrogens is 428 g/mol. The first-order valence-electron chi connectivity index (χ1n) is 10.3. The van der Waals surface area contributed by atoms with Gasteiger partial charge in [0.1, 0.15) is 0 Å². The summed E-state index contributed by atoms with van der Waals surface area (Å²) in [5.41, 5.74) is 3.60. The molecule has 3 aromatic rings. The van der Waals surface area contributed by atoms with E-state index in [0.717, 1.165) is 11.1 Å². The number of hydrogen-bond acceptors (Lipinski definition) is 6. The van der Waals surface area contributed by atoms with Gasteiger partial charge in [-0.2, -0.15) is 0 Å². The molecule has 2 heterocycles. The highest BCUT2D eigenvalue weighted by molar-refractivity contribution is 7.91. The number of fused-ring (bicyclic) bond motifs is 1. The van der Waals surface area contributed by atoms with Crippen molar-refractivity contribution >= 4 is 32.6 Å². The van der Waals surface area contributed by atoms with E-state index >= 15 is 0 Å². The van der Waals surface area contributed by atoms with Gasteiger partial charge in [0, 0.05) is 24.0 Å². The van der Waals surface area contributed by atoms with Gasteiger partial charge in [-0.25, -0.2) is 18.2 Å². The molecule has 0 aliphatic carbocycles. The highest BCUT2D eigenvalue weighted by Gasteiger charge is 2.33. The Bertz CT molecular complexity index is 1290. The van der Waals surface area contributed by atoms with Crippen LogP contribution in [0.2, 0.25) is 0 Å². The summed E-state index contributed by atoms with van der Waals surface area (Å²) in [6.45, 7) is 1.54. The van der Waals surface area contributed by atoms with Crippen LogP contribution in [0.15, 0.2) is 54.6 Å². The summed E-state index contributed by atoms with van der Waals surface area (Å²) in [6, 6.07) is 16.4. The molecule has 0 N–H and O–H groups in total. The summed E-state index contributed by atoms with van der Waals surface area (Å²) in [7, 11) is -1.57. The van der Waals surface area contributed by atoms with Crippen molar-refractivity contribution in [2.45, 2.75) is 19.4 Å². The van der Waals surface area contributed by atoms with Gasteiger partial charge in [0.05, 0.1) is 28.3 Å². The van der Waals surface area contributed by atoms with Crippen LogP contribution in [0.4, 0.5) is 0 Å². The van der Waals surface area contributed by atoms with Gasteiger partial charge < -0.3 is 9.64 Å². The normalized spacial score (nSPS) is 17.2. The van der Waals surface area contributed by atoms with Gasteiger partial charge in [0.15, 0.2) is 16.4 Å². The summed E-state index contributed by atoms with van der Waals surface area (Å²) >= 11 is 0. The first kappa shape index (κ1) is 22.0. The average molecular weight is 453 g/mol. The van der Waals surface area contributed by atoms with Crippen LogP contribution in [-0.2, 0) is 19.4 Å². The van der Waals surface area contributed by atoms with Gasteiger partial charge in [0.2, 0.25) is 0 Å². The Balaban J connectivity index is 1.55. The average Bonchev–Trinajstić information content (AvgIpc) is 3.16. The van der Waals surface area contributed by atoms with E-state index in [1.807, 2.05) is 49.4 Å². The molecule has 0 radical (unpaired) electrons. The lowest BCUT2D eigenvalue weighted by Crippen LogP contribution is -2.40. The Kier molecular flexibility index (Phi) is 5.97. The number of esters is 1. The van der Waals surface area contributed by atoms with Gasteiger partial charge in [-0.3, -0.25) is 4.79 Å². The maximum Gasteiger partial charge on any atom is 0.339 e. The second-order valence-corrected chi connectivity index (χ2v) is 10.3. The number of rotatable bonds is 5. The molecule has 1 fully saturated rings. The Hall–Kier alpha value is -3.26. The first-order valence-corrected chi connectivity index (χ1v) is 12.2. The highest BCUT2D eigenvalue weighted by atomic mass is 32.2. The second kappa shape index (κ2) is 8.70. The third-order valence-electron chi connectivity index (χ3n) is 5.76. The molecule has 1 amide bonds. The maximum atomic E-state index is 12.9. The zero-order valence-electron chi connectivity index (χ0n) is 17.9. The topological polar surface area (TPSA) is 93.6 Å². The second-order valence-electron chi connectivity index (χ2n) is 8.08. The van der Waals surface area contributed by atoms with Gasteiger partial charge >= 0.3 is 5.97 Å². The first-order chi connectivity index (χ1) is 15.2. The molecule has 7 nitrogen and oxygen atoms in total. The quantitative estimate of drug-likeness (QED) is 0.553. The third kappa shape index (κ3) is 4.65. The lowest BCUT2D eigenvalue weighted by atomic mass is 10.0. The van der Waals surface area contributed by atoms with Crippen LogP contribution < -0.4 is 0 Å². The van der Waals surface area contributed by atoms with Crippen LogP contribution in [0.25, 0.3) is 22.2 Å². The molecule has 1 aliphatic rings. The van der Waals surface area contributed by atoms with Crippen LogP contribution in [0.1, 0.15) is 22.3 Å². The van der Waals surface area contributed by atoms with Crippen molar-refractivity contribution in [1.82, 2.24) is 9.88 Å². The third-order valence-corrected chi connectivity index (χ3v) is 7.51. The minimum Gasteiger partial charge on any atom is -0.452 e. The summed E-state index contributed by atoms with van der Waals surface area (Å²) in [5.74, 6) is -1.05. The molecule has 1 saturated heterocycles. The number of benzene rings is 2. The van der Waals surface area contributed by atoms with Crippen LogP contribution in [0.3, 0.4) is 0 Å². The fraction of sp³-hybridized carbons (Fsp3) is 0.292. The predicted octanol–water partition coefficient (Wildman–Crippen LogP) is 3.01. The van der Waals surface area contributed by atoms with Crippen LogP contribution >= 0.6 is 0 Å². The van der Waals surface area contributed by atoms with Gasteiger partial charge in [-0.15, -0.1) is 0 Å². The Morgan fingerprint density at radius 3 is 2.53 bits per heavy atom. The van der Waals surface area contributed by atoms with Gasteiger partial charge in [-0.05, 0) is 25.5 Å². The van der Waals surface area contributed by atoms with Crippen molar-refractivity contribution in [3.05, 3.63) is 65.7 Å². The van der Waals surface area contributed by atoms with E-state index in [-0.39, 0.29) is 17.5 Å². The number of para-hydroxylation sites is 1. The van der Waals surface area contributed by atoms with Gasteiger partial charge in [0.25, 0.3) is 5.91 Å². The number of nitrogens with zero attached hydrogens (tertiary/aromatic N) is 2. The molecule has 0 bridgehead atoms. The van der Waals surface area contributed by atoms with E-state index in [4.69, 9.17) is 4.74 Å². The van der Waals surface area contributed by atoms with Crippen LogP contribution in [0, 0.1) is 6.92 Å². The molecular formula is C24H24N2O5S. The predicted molar refractivity (Wildman–Crippen MR) is 122 cm³/mol. The number of ether oxygens (including phenoxy) is 1. The standard InChI is InChI=1S/C24H24N2O5S/c1-16-7-9-17(10-8-16)22-13-20(19-5-3-4-6-21(19)25-22)24(28)31-14-23(27)26(2)18-11-12-32(29,30)15-18/h3-10,13,18H,11-12,14-15H2,1-2H3/t18-/m1/s1. The number of pyridine rings is 1. The molecule has 32 heavy (non-hydrogen) atoms. The minimum absolute atomic E-state index is 0.0575. The molecule has 0 spiro atoms. The van der Waals surface area contributed by atoms with E-state index in [1.165, 1.54) is 4.90 Å². The Labute approximate surface area is 186 Å². The largest absolute Gasteiger partial charge is 0.452 e. The number of amides is 1. The highest BCUT2D eigenvalue weighted by Crippen LogP contribution is 2.26. The monoisotopic (exact) mass is 452 g/mol. The minimum atomic E-state index is -3.12. The lowest BCUT2D eigenvalue weighted by Gasteiger charge is -2.23. The SMILES string of the molecule is Cc1ccc(-c2cc(C(=O)OCC(=O)N(C)[C@@H]3CCS(=O)(=O)C3)c3ccccc3n2)cc1. The zero-order valence-corrected chi connectivity index (χ0v) is 18.8. The number of aromatic nitrogens is 1. The van der Waals surface area contributed by atoms with E-state index in [9.17, 15) is 18.0 Å². The number of sulfone groups is 1. The molecule has 2 aromatic carbocycles. The number of aryl methyl sites for hydroxylation is 1. The van der Waals surface area contributed by atoms with Crippen molar-refractivity contribution in [3.8, 4) is 11.3 Å². The molecule has 166 valence electrons. The molecule has 8 heteroatoms. The Morgan fingerprint density at radius 2 is 1.84 bits per heavy atom. The number of carbonyl (C=O) groups excluding carboxylic acids is 2. The van der Waals surface area contributed by atoms with Gasteiger partial charge in [-0.1, -0.05) is 48.0 Å². The van der Waals surface area contributed by atoms with Crippen LogP contribution in [-0.4, -0.2) is 61.4 Å². The molecule has 0 unspecified atom stereocenters. The molecule has 1 aromatic heterocycles. The zero-order chi connectivity index (χ0) is 22.9. The van der Waals surface area contributed by atoms with Crippen molar-refractivity contribution in [1.29, 1.82) is 0 Å². The number of hydrogen-bond donors (Lipinski definition) is 0. The maximum absolute atomic E-state index is 12.9. The van der Waals surface area contributed by atoms with E-state index in [2.05, 4.69) is 4.98 Å². The lowest BCUT2D eigenvalue weighted by molar-refractivity contribution is -0.134. The van der Waals surface area contributed by atoms with Crippen LogP contribution in [0.5, 0.6) is 0 Å². The van der Waals surface area contributed by atoms with Crippen molar-refractivity contribution in [2.24, 2.45) is 0 Å². The van der Waals surface area contributed by atoms with E-state index < -0.39 is 28.3 Å². The number of likely N-dealkylation sites (N-methyl/N-ethyl adjacent to an activating group) is 1. The summed E-state index contributed by atoms with van der Waals surface area (Å²) in [6.07, 6.45) is 0.396. The molecule has 4 rings (SSSR count). The van der Waals surface area contributed by atoms with Crippen molar-refractivity contribution in [2.75, 3.05) is 25.2 Å². The summed E-state index contributed by atoms with van der Waals surface area (Å²) in [4.78, 5) is 31.5. The van der Waals surface area contributed by atoms with Crippen molar-refractivity contribution in [3.63, 3.8) is 0 Å². The summed E-state index contributed by atoms with van der Waals surface area (Å²) < 4.78 is 28.7.